The molecule has 4 rings (SSSR count). The molecule has 0 saturated heterocycles. The minimum absolute atomic E-state index is 0.0557. The van der Waals surface area contributed by atoms with Crippen LogP contribution in [0.5, 0.6) is 0 Å². The highest BCUT2D eigenvalue weighted by molar-refractivity contribution is 7.99. The number of Topliss-reactive ketones (excluding diaryl/α,β-unsaturated/α-hetero) is 2. The molecule has 0 radical (unpaired) electrons. The number of carbonyl (C=O) groups is 2. The van der Waals surface area contributed by atoms with Crippen LogP contribution in [0.3, 0.4) is 0 Å². The first-order valence-electron chi connectivity index (χ1n) is 10.4. The van der Waals surface area contributed by atoms with E-state index in [4.69, 9.17) is 11.6 Å². The lowest BCUT2D eigenvalue weighted by molar-refractivity contribution is 0.101. The molecule has 6 nitrogen and oxygen atoms in total. The second kappa shape index (κ2) is 9.37. The quantitative estimate of drug-likeness (QED) is 0.259. The predicted molar refractivity (Wildman–Crippen MR) is 132 cm³/mol. The van der Waals surface area contributed by atoms with Gasteiger partial charge in [0.1, 0.15) is 0 Å². The number of benzene rings is 2. The molecule has 0 bridgehead atoms. The van der Waals surface area contributed by atoms with E-state index in [2.05, 4.69) is 15.2 Å². The second-order valence-corrected chi connectivity index (χ2v) is 9.21. The summed E-state index contributed by atoms with van der Waals surface area (Å²) in [5.74, 6) is 0.671. The van der Waals surface area contributed by atoms with Crippen molar-refractivity contribution in [2.75, 3.05) is 5.75 Å². The maximum absolute atomic E-state index is 13.0. The molecule has 2 heterocycles. The number of hydrogen-bond acceptors (Lipinski definition) is 5. The highest BCUT2D eigenvalue weighted by Gasteiger charge is 2.22. The number of H-pyrrole nitrogens is 1. The van der Waals surface area contributed by atoms with E-state index in [1.807, 2.05) is 60.0 Å². The van der Waals surface area contributed by atoms with Gasteiger partial charge in [0.25, 0.3) is 0 Å². The summed E-state index contributed by atoms with van der Waals surface area (Å²) in [6.07, 6.45) is 0. The number of aromatic nitrogens is 4. The second-order valence-electron chi connectivity index (χ2n) is 7.83. The van der Waals surface area contributed by atoms with E-state index in [0.717, 1.165) is 16.8 Å². The fourth-order valence-corrected chi connectivity index (χ4v) is 4.88. The number of halogens is 1. The van der Waals surface area contributed by atoms with E-state index >= 15 is 0 Å². The molecule has 0 atom stereocenters. The Morgan fingerprint density at radius 1 is 1.03 bits per heavy atom. The Labute approximate surface area is 201 Å². The standard InChI is InChI=1S/C25H23ClN4O2S/c1-14-7-5-6-8-20(14)30-24(18-9-11-19(26)12-10-18)28-29-25(30)33-13-21(32)23-15(2)22(17(4)31)16(3)27-23/h5-12,27H,13H2,1-4H3. The Morgan fingerprint density at radius 3 is 2.36 bits per heavy atom. The lowest BCUT2D eigenvalue weighted by Crippen LogP contribution is -2.07. The third-order valence-corrected chi connectivity index (χ3v) is 6.67. The van der Waals surface area contributed by atoms with Crippen LogP contribution in [0.1, 0.15) is 44.6 Å². The minimum Gasteiger partial charge on any atom is -0.355 e. The van der Waals surface area contributed by atoms with Crippen molar-refractivity contribution in [3.8, 4) is 17.1 Å². The van der Waals surface area contributed by atoms with Crippen molar-refractivity contribution in [3.05, 3.63) is 81.6 Å². The zero-order valence-corrected chi connectivity index (χ0v) is 20.3. The topological polar surface area (TPSA) is 80.6 Å². The largest absolute Gasteiger partial charge is 0.355 e. The first-order chi connectivity index (χ1) is 15.8. The Hall–Kier alpha value is -3.16. The smallest absolute Gasteiger partial charge is 0.196 e. The van der Waals surface area contributed by atoms with E-state index in [9.17, 15) is 9.59 Å². The van der Waals surface area contributed by atoms with Gasteiger partial charge in [0.05, 0.1) is 17.1 Å². The molecular formula is C25H23ClN4O2S. The van der Waals surface area contributed by atoms with Crippen molar-refractivity contribution in [1.82, 2.24) is 19.7 Å². The van der Waals surface area contributed by atoms with Gasteiger partial charge < -0.3 is 4.98 Å². The molecule has 0 spiro atoms. The molecule has 2 aromatic carbocycles. The minimum atomic E-state index is -0.0968. The van der Waals surface area contributed by atoms with Crippen LogP contribution < -0.4 is 0 Å². The third kappa shape index (κ3) is 4.51. The summed E-state index contributed by atoms with van der Waals surface area (Å²) in [5.41, 5.74) is 5.31. The normalized spacial score (nSPS) is 11.1. The maximum atomic E-state index is 13.0. The number of para-hydroxylation sites is 1. The summed E-state index contributed by atoms with van der Waals surface area (Å²) >= 11 is 7.38. The Bertz CT molecular complexity index is 1360. The molecule has 2 aromatic heterocycles. The van der Waals surface area contributed by atoms with Crippen LogP contribution in [0.15, 0.2) is 53.7 Å². The van der Waals surface area contributed by atoms with Crippen LogP contribution in [-0.2, 0) is 0 Å². The summed E-state index contributed by atoms with van der Waals surface area (Å²) in [4.78, 5) is 28.0. The number of nitrogens with zero attached hydrogens (tertiary/aromatic N) is 3. The van der Waals surface area contributed by atoms with Crippen LogP contribution in [0.25, 0.3) is 17.1 Å². The number of rotatable bonds is 7. The van der Waals surface area contributed by atoms with Crippen molar-refractivity contribution in [3.63, 3.8) is 0 Å². The summed E-state index contributed by atoms with van der Waals surface area (Å²) in [6, 6.07) is 15.4. The Morgan fingerprint density at radius 2 is 1.73 bits per heavy atom. The van der Waals surface area contributed by atoms with Crippen molar-refractivity contribution in [2.24, 2.45) is 0 Å². The molecule has 33 heavy (non-hydrogen) atoms. The van der Waals surface area contributed by atoms with Gasteiger partial charge in [-0.15, -0.1) is 10.2 Å². The zero-order chi connectivity index (χ0) is 23.7. The van der Waals surface area contributed by atoms with Crippen LogP contribution in [0.4, 0.5) is 0 Å². The van der Waals surface area contributed by atoms with Gasteiger partial charge in [-0.3, -0.25) is 14.2 Å². The van der Waals surface area contributed by atoms with E-state index in [1.54, 1.807) is 13.8 Å². The van der Waals surface area contributed by atoms with Crippen molar-refractivity contribution in [2.45, 2.75) is 32.9 Å². The van der Waals surface area contributed by atoms with Crippen LogP contribution >= 0.6 is 23.4 Å². The highest BCUT2D eigenvalue weighted by Crippen LogP contribution is 2.31. The van der Waals surface area contributed by atoms with E-state index in [1.165, 1.54) is 18.7 Å². The molecule has 1 N–H and O–H groups in total. The summed E-state index contributed by atoms with van der Waals surface area (Å²) < 4.78 is 1.96. The van der Waals surface area contributed by atoms with Gasteiger partial charge in [-0.25, -0.2) is 0 Å². The summed E-state index contributed by atoms with van der Waals surface area (Å²) in [5, 5.41) is 10.1. The van der Waals surface area contributed by atoms with Gasteiger partial charge in [-0.2, -0.15) is 0 Å². The van der Waals surface area contributed by atoms with Gasteiger partial charge in [0.2, 0.25) is 0 Å². The number of hydrogen-bond donors (Lipinski definition) is 1. The first kappa shape index (κ1) is 23.0. The van der Waals surface area contributed by atoms with Gasteiger partial charge in [0.15, 0.2) is 22.5 Å². The molecule has 0 aliphatic carbocycles. The van der Waals surface area contributed by atoms with Gasteiger partial charge in [0, 0.05) is 21.8 Å². The molecule has 168 valence electrons. The third-order valence-electron chi connectivity index (χ3n) is 5.49. The predicted octanol–water partition coefficient (Wildman–Crippen LogP) is 6.02. The van der Waals surface area contributed by atoms with Crippen LogP contribution in [0.2, 0.25) is 5.02 Å². The number of nitrogens with one attached hydrogen (secondary N) is 1. The van der Waals surface area contributed by atoms with E-state index in [0.29, 0.717) is 38.5 Å². The maximum Gasteiger partial charge on any atom is 0.196 e. The van der Waals surface area contributed by atoms with E-state index in [-0.39, 0.29) is 17.3 Å². The van der Waals surface area contributed by atoms with Crippen molar-refractivity contribution < 1.29 is 9.59 Å². The average molecular weight is 479 g/mol. The van der Waals surface area contributed by atoms with E-state index < -0.39 is 0 Å². The van der Waals surface area contributed by atoms with Gasteiger partial charge >= 0.3 is 0 Å². The number of thioether (sulfide) groups is 1. The molecule has 8 heteroatoms. The molecular weight excluding hydrogens is 456 g/mol. The number of aromatic amines is 1. The number of carbonyl (C=O) groups excluding carboxylic acids is 2. The summed E-state index contributed by atoms with van der Waals surface area (Å²) in [6.45, 7) is 7.14. The SMILES string of the molecule is CC(=O)c1c(C)[nH]c(C(=O)CSc2nnc(-c3ccc(Cl)cc3)n2-c2ccccc2C)c1C. The van der Waals surface area contributed by atoms with Gasteiger partial charge in [-0.05, 0) is 69.2 Å². The Kier molecular flexibility index (Phi) is 6.54. The van der Waals surface area contributed by atoms with Crippen molar-refractivity contribution in [1.29, 1.82) is 0 Å². The molecule has 0 aliphatic heterocycles. The molecule has 4 aromatic rings. The molecule has 0 aliphatic rings. The Balaban J connectivity index is 1.69. The highest BCUT2D eigenvalue weighted by atomic mass is 35.5. The molecule has 0 fully saturated rings. The monoisotopic (exact) mass is 478 g/mol. The summed E-state index contributed by atoms with van der Waals surface area (Å²) in [7, 11) is 0. The molecule has 0 saturated carbocycles. The fraction of sp³-hybridized carbons (Fsp3) is 0.200. The lowest BCUT2D eigenvalue weighted by atomic mass is 10.1. The molecule has 0 amide bonds. The number of aryl methyl sites for hydroxylation is 2. The van der Waals surface area contributed by atoms with Gasteiger partial charge in [-0.1, -0.05) is 41.6 Å². The van der Waals surface area contributed by atoms with Crippen LogP contribution in [-0.4, -0.2) is 37.1 Å². The van der Waals surface area contributed by atoms with Crippen molar-refractivity contribution >= 4 is 34.9 Å². The zero-order valence-electron chi connectivity index (χ0n) is 18.8. The number of ketones is 2. The lowest BCUT2D eigenvalue weighted by Gasteiger charge is -2.13. The van der Waals surface area contributed by atoms with Crippen LogP contribution in [0, 0.1) is 20.8 Å². The average Bonchev–Trinajstić information content (AvgIpc) is 3.33. The molecule has 0 unspecified atom stereocenters. The first-order valence-corrected chi connectivity index (χ1v) is 11.8. The fourth-order valence-electron chi connectivity index (χ4n) is 3.94.